The number of nitrogens with two attached hydrogens (primary N) is 2. The number of Topliss-reactive ketones (excluding diaryl/α,β-unsaturated/α-hetero) is 1. The summed E-state index contributed by atoms with van der Waals surface area (Å²) in [5, 5.41) is 0. The summed E-state index contributed by atoms with van der Waals surface area (Å²) in [6.45, 7) is 0. The van der Waals surface area contributed by atoms with E-state index in [2.05, 4.69) is 10.7 Å². The van der Waals surface area contributed by atoms with Crippen LogP contribution in [0.2, 0.25) is 0 Å². The van der Waals surface area contributed by atoms with Crippen LogP contribution in [-0.2, 0) is 9.59 Å². The number of halogens is 1. The first kappa shape index (κ1) is 14.7. The van der Waals surface area contributed by atoms with E-state index < -0.39 is 11.7 Å². The third kappa shape index (κ3) is 4.94. The molecular weight excluding hydrogens is 210 g/mol. The highest BCUT2D eigenvalue weighted by molar-refractivity contribution is 6.41. The highest BCUT2D eigenvalue weighted by Crippen LogP contribution is 1.94. The summed E-state index contributed by atoms with van der Waals surface area (Å²) in [5.74, 6) is -1.63. The Morgan fingerprint density at radius 3 is 2.21 bits per heavy atom. The smallest absolute Gasteiger partial charge is 0.291 e. The van der Waals surface area contributed by atoms with Gasteiger partial charge >= 0.3 is 0 Å². The number of primary amides is 2. The Balaban J connectivity index is 0. The topological polar surface area (TPSA) is 119 Å². The number of aromatic nitrogens is 1. The summed E-state index contributed by atoms with van der Waals surface area (Å²) in [6.07, 6.45) is 1.80. The van der Waals surface area contributed by atoms with Crippen molar-refractivity contribution in [2.75, 3.05) is 0 Å². The van der Waals surface area contributed by atoms with Crippen LogP contribution in [0.4, 0.5) is 0 Å². The molecule has 0 radical (unpaired) electrons. The summed E-state index contributed by atoms with van der Waals surface area (Å²) < 4.78 is 0. The molecule has 0 bridgehead atoms. The van der Waals surface area contributed by atoms with Gasteiger partial charge in [0.05, 0.1) is 5.69 Å². The second-order valence-corrected chi connectivity index (χ2v) is 1.91. The van der Waals surface area contributed by atoms with Gasteiger partial charge in [-0.1, -0.05) is 0 Å². The molecule has 0 aliphatic rings. The maximum atomic E-state index is 10.7. The van der Waals surface area contributed by atoms with Gasteiger partial charge in [-0.25, -0.2) is 0 Å². The van der Waals surface area contributed by atoms with E-state index in [1.807, 2.05) is 0 Å². The molecule has 2 amide bonds. The summed E-state index contributed by atoms with van der Waals surface area (Å²) in [4.78, 5) is 32.1. The van der Waals surface area contributed by atoms with Crippen molar-refractivity contribution >= 4 is 30.5 Å². The van der Waals surface area contributed by atoms with Gasteiger partial charge in [-0.2, -0.15) is 0 Å². The molecule has 0 fully saturated rings. The van der Waals surface area contributed by atoms with Crippen molar-refractivity contribution in [3.63, 3.8) is 0 Å². The van der Waals surface area contributed by atoms with Crippen LogP contribution in [0, 0.1) is 0 Å². The molecule has 1 heterocycles. The number of carbonyl (C=O) groups excluding carboxylic acids is 3. The first-order chi connectivity index (χ1) is 6.13. The Bertz CT molecular complexity index is 297. The molecule has 14 heavy (non-hydrogen) atoms. The zero-order valence-electron chi connectivity index (χ0n) is 7.10. The quantitative estimate of drug-likeness (QED) is 0.343. The van der Waals surface area contributed by atoms with Crippen molar-refractivity contribution in [1.29, 1.82) is 0 Å². The van der Waals surface area contributed by atoms with Crippen LogP contribution in [0.5, 0.6) is 0 Å². The van der Waals surface area contributed by atoms with Gasteiger partial charge in [-0.3, -0.25) is 14.4 Å². The number of hydrogen-bond acceptors (Lipinski definition) is 3. The Labute approximate surface area is 86.1 Å². The molecular formula is C7H10ClN3O3. The predicted octanol–water partition coefficient (Wildman–Crippen LogP) is -0.794. The monoisotopic (exact) mass is 219 g/mol. The lowest BCUT2D eigenvalue weighted by atomic mass is 10.3. The van der Waals surface area contributed by atoms with E-state index >= 15 is 0 Å². The highest BCUT2D eigenvalue weighted by Gasteiger charge is 2.11. The van der Waals surface area contributed by atoms with Crippen molar-refractivity contribution in [2.45, 2.75) is 0 Å². The van der Waals surface area contributed by atoms with Crippen LogP contribution in [0.3, 0.4) is 0 Å². The Morgan fingerprint density at radius 1 is 1.43 bits per heavy atom. The molecule has 5 N–H and O–H groups in total. The van der Waals surface area contributed by atoms with Crippen LogP contribution >= 0.6 is 12.4 Å². The molecule has 6 nitrogen and oxygen atoms in total. The van der Waals surface area contributed by atoms with E-state index in [4.69, 9.17) is 10.5 Å². The third-order valence-electron chi connectivity index (χ3n) is 1.07. The summed E-state index contributed by atoms with van der Waals surface area (Å²) in [5.41, 5.74) is 9.11. The van der Waals surface area contributed by atoms with Gasteiger partial charge in [0.15, 0.2) is 0 Å². The molecule has 0 aliphatic heterocycles. The fraction of sp³-hybridized carbons (Fsp3) is 0. The Hall–Kier alpha value is -1.82. The molecule has 0 atom stereocenters. The number of ketones is 1. The molecule has 1 rings (SSSR count). The number of carbonyl (C=O) groups is 3. The lowest BCUT2D eigenvalue weighted by Crippen LogP contribution is -2.23. The van der Waals surface area contributed by atoms with Crippen molar-refractivity contribution in [3.8, 4) is 0 Å². The maximum Gasteiger partial charge on any atom is 0.291 e. The fourth-order valence-corrected chi connectivity index (χ4v) is 0.604. The SMILES string of the molecule is Cl.NC(=O)C(=O)c1ccc[nH]1.NC=O. The first-order valence-electron chi connectivity index (χ1n) is 3.26. The summed E-state index contributed by atoms with van der Waals surface area (Å²) >= 11 is 0. The molecule has 1 aromatic heterocycles. The lowest BCUT2D eigenvalue weighted by Gasteiger charge is -1.87. The molecule has 0 aliphatic carbocycles. The molecule has 0 saturated carbocycles. The average Bonchev–Trinajstić information content (AvgIpc) is 2.56. The minimum atomic E-state index is -0.942. The maximum absolute atomic E-state index is 10.7. The number of rotatable bonds is 2. The van der Waals surface area contributed by atoms with Crippen molar-refractivity contribution < 1.29 is 14.4 Å². The zero-order valence-corrected chi connectivity index (χ0v) is 7.91. The second kappa shape index (κ2) is 7.81. The molecule has 0 spiro atoms. The third-order valence-corrected chi connectivity index (χ3v) is 1.07. The van der Waals surface area contributed by atoms with Gasteiger partial charge in [0.25, 0.3) is 11.7 Å². The molecule has 0 saturated heterocycles. The van der Waals surface area contributed by atoms with Gasteiger partial charge in [0.1, 0.15) is 0 Å². The first-order valence-corrected chi connectivity index (χ1v) is 3.26. The van der Waals surface area contributed by atoms with Crippen molar-refractivity contribution in [3.05, 3.63) is 24.0 Å². The normalized spacial score (nSPS) is 7.43. The minimum absolute atomic E-state index is 0. The number of hydrogen-bond donors (Lipinski definition) is 3. The van der Waals surface area contributed by atoms with Gasteiger partial charge < -0.3 is 16.5 Å². The van der Waals surface area contributed by atoms with Gasteiger partial charge in [0, 0.05) is 6.20 Å². The van der Waals surface area contributed by atoms with Crippen LogP contribution in [0.25, 0.3) is 0 Å². The number of aromatic amines is 1. The van der Waals surface area contributed by atoms with E-state index in [0.717, 1.165) is 0 Å². The Morgan fingerprint density at radius 2 is 1.93 bits per heavy atom. The average molecular weight is 220 g/mol. The van der Waals surface area contributed by atoms with Gasteiger partial charge in [-0.05, 0) is 12.1 Å². The predicted molar refractivity (Wildman–Crippen MR) is 51.8 cm³/mol. The van der Waals surface area contributed by atoms with E-state index in [1.165, 1.54) is 6.07 Å². The van der Waals surface area contributed by atoms with Crippen molar-refractivity contribution in [1.82, 2.24) is 4.98 Å². The fourth-order valence-electron chi connectivity index (χ4n) is 0.604. The van der Waals surface area contributed by atoms with Gasteiger partial charge in [-0.15, -0.1) is 12.4 Å². The Kier molecular flexibility index (Phi) is 8.20. The lowest BCUT2D eigenvalue weighted by molar-refractivity contribution is -0.114. The molecule has 0 aromatic carbocycles. The zero-order chi connectivity index (χ0) is 10.3. The van der Waals surface area contributed by atoms with E-state index in [1.54, 1.807) is 12.3 Å². The summed E-state index contributed by atoms with van der Waals surface area (Å²) in [7, 11) is 0. The van der Waals surface area contributed by atoms with E-state index in [-0.39, 0.29) is 24.5 Å². The van der Waals surface area contributed by atoms with Gasteiger partial charge in [0.2, 0.25) is 6.41 Å². The van der Waals surface area contributed by atoms with E-state index in [0.29, 0.717) is 0 Å². The number of H-pyrrole nitrogens is 1. The number of nitrogens with one attached hydrogen (secondary N) is 1. The standard InChI is InChI=1S/C6H6N2O2.CH3NO.ClH/c7-6(10)5(9)4-2-1-3-8-4;2-1-3;/h1-3,8H,(H2,7,10);1H,(H2,2,3);1H. The molecule has 7 heteroatoms. The van der Waals surface area contributed by atoms with Crippen molar-refractivity contribution in [2.24, 2.45) is 11.5 Å². The summed E-state index contributed by atoms with van der Waals surface area (Å²) in [6, 6.07) is 3.11. The number of amides is 2. The molecule has 1 aromatic rings. The van der Waals surface area contributed by atoms with Crippen LogP contribution < -0.4 is 11.5 Å². The largest absolute Gasteiger partial charge is 0.372 e. The highest BCUT2D eigenvalue weighted by atomic mass is 35.5. The van der Waals surface area contributed by atoms with Crippen LogP contribution in [-0.4, -0.2) is 23.1 Å². The van der Waals surface area contributed by atoms with E-state index in [9.17, 15) is 9.59 Å². The minimum Gasteiger partial charge on any atom is -0.372 e. The molecule has 78 valence electrons. The molecule has 0 unspecified atom stereocenters. The van der Waals surface area contributed by atoms with Crippen LogP contribution in [0.15, 0.2) is 18.3 Å². The van der Waals surface area contributed by atoms with Crippen LogP contribution in [0.1, 0.15) is 10.5 Å². The second-order valence-electron chi connectivity index (χ2n) is 1.91.